The molecule has 0 bridgehead atoms. The smallest absolute Gasteiger partial charge is 0.341 e. The van der Waals surface area contributed by atoms with Gasteiger partial charge in [-0.3, -0.25) is 4.79 Å². The van der Waals surface area contributed by atoms with E-state index in [1.807, 2.05) is 13.8 Å². The van der Waals surface area contributed by atoms with Gasteiger partial charge in [0, 0.05) is 12.8 Å². The monoisotopic (exact) mass is 363 g/mol. The van der Waals surface area contributed by atoms with Gasteiger partial charge in [-0.05, 0) is 37.0 Å². The van der Waals surface area contributed by atoms with Crippen molar-refractivity contribution in [2.45, 2.75) is 51.6 Å². The first-order valence-corrected chi connectivity index (χ1v) is 9.13. The lowest BCUT2D eigenvalue weighted by Crippen LogP contribution is -2.46. The molecule has 1 aromatic rings. The quantitative estimate of drug-likeness (QED) is 0.746. The highest BCUT2D eigenvalue weighted by molar-refractivity contribution is 5.99. The number of methoxy groups -OCH3 is 2. The van der Waals surface area contributed by atoms with Crippen LogP contribution in [0.2, 0.25) is 0 Å². The molecule has 2 rings (SSSR count). The molecule has 1 fully saturated rings. The Kier molecular flexibility index (Phi) is 7.03. The molecule has 6 heteroatoms. The predicted octanol–water partition coefficient (Wildman–Crippen LogP) is 3.80. The van der Waals surface area contributed by atoms with Crippen molar-refractivity contribution in [3.05, 3.63) is 23.8 Å². The SMILES string of the molecule is COC(=O)c1cc(NC(=O)C2(OC)CCCCC2)ccc1OCC(C)C. The predicted molar refractivity (Wildman–Crippen MR) is 99.6 cm³/mol. The van der Waals surface area contributed by atoms with Gasteiger partial charge in [-0.1, -0.05) is 33.1 Å². The second-order valence-corrected chi connectivity index (χ2v) is 7.12. The van der Waals surface area contributed by atoms with Gasteiger partial charge in [0.05, 0.1) is 13.7 Å². The third kappa shape index (κ3) is 4.75. The van der Waals surface area contributed by atoms with E-state index in [-0.39, 0.29) is 5.91 Å². The highest BCUT2D eigenvalue weighted by atomic mass is 16.5. The Morgan fingerprint density at radius 3 is 2.42 bits per heavy atom. The van der Waals surface area contributed by atoms with Gasteiger partial charge in [0.25, 0.3) is 5.91 Å². The molecule has 1 N–H and O–H groups in total. The summed E-state index contributed by atoms with van der Waals surface area (Å²) in [5.74, 6) is 0.0979. The van der Waals surface area contributed by atoms with Crippen molar-refractivity contribution >= 4 is 17.6 Å². The summed E-state index contributed by atoms with van der Waals surface area (Å²) >= 11 is 0. The third-order valence-corrected chi connectivity index (χ3v) is 4.68. The number of nitrogens with one attached hydrogen (secondary N) is 1. The second kappa shape index (κ2) is 9.03. The number of benzene rings is 1. The Morgan fingerprint density at radius 1 is 1.15 bits per heavy atom. The van der Waals surface area contributed by atoms with E-state index in [0.29, 0.717) is 42.4 Å². The van der Waals surface area contributed by atoms with Gasteiger partial charge in [-0.25, -0.2) is 4.79 Å². The Bertz CT molecular complexity index is 635. The minimum absolute atomic E-state index is 0.175. The Balaban J connectivity index is 2.21. The fourth-order valence-corrected chi connectivity index (χ4v) is 3.15. The van der Waals surface area contributed by atoms with Crippen LogP contribution in [0.4, 0.5) is 5.69 Å². The van der Waals surface area contributed by atoms with Crippen LogP contribution in [0, 0.1) is 5.92 Å². The number of ether oxygens (including phenoxy) is 3. The molecule has 1 aliphatic rings. The average Bonchev–Trinajstić information content (AvgIpc) is 2.66. The second-order valence-electron chi connectivity index (χ2n) is 7.12. The summed E-state index contributed by atoms with van der Waals surface area (Å²) in [6.07, 6.45) is 4.46. The third-order valence-electron chi connectivity index (χ3n) is 4.68. The largest absolute Gasteiger partial charge is 0.492 e. The average molecular weight is 363 g/mol. The van der Waals surface area contributed by atoms with E-state index in [0.717, 1.165) is 19.3 Å². The van der Waals surface area contributed by atoms with Crippen LogP contribution in [-0.2, 0) is 14.3 Å². The molecule has 144 valence electrons. The molecule has 0 spiro atoms. The summed E-state index contributed by atoms with van der Waals surface area (Å²) in [6.45, 7) is 4.55. The van der Waals surface area contributed by atoms with Crippen LogP contribution in [0.3, 0.4) is 0 Å². The van der Waals surface area contributed by atoms with E-state index < -0.39 is 11.6 Å². The Labute approximate surface area is 155 Å². The fraction of sp³-hybridized carbons (Fsp3) is 0.600. The van der Waals surface area contributed by atoms with Crippen molar-refractivity contribution in [1.29, 1.82) is 0 Å². The summed E-state index contributed by atoms with van der Waals surface area (Å²) < 4.78 is 16.1. The van der Waals surface area contributed by atoms with E-state index in [9.17, 15) is 9.59 Å². The van der Waals surface area contributed by atoms with Crippen molar-refractivity contribution in [3.63, 3.8) is 0 Å². The van der Waals surface area contributed by atoms with Crippen LogP contribution in [-0.4, -0.2) is 38.3 Å². The first-order valence-electron chi connectivity index (χ1n) is 9.13. The minimum Gasteiger partial charge on any atom is -0.492 e. The molecule has 1 aliphatic carbocycles. The molecule has 0 aliphatic heterocycles. The van der Waals surface area contributed by atoms with Gasteiger partial charge >= 0.3 is 5.97 Å². The molecule has 1 aromatic carbocycles. The lowest BCUT2D eigenvalue weighted by atomic mass is 9.84. The van der Waals surface area contributed by atoms with Crippen LogP contribution in [0.5, 0.6) is 5.75 Å². The Morgan fingerprint density at radius 2 is 1.85 bits per heavy atom. The fourth-order valence-electron chi connectivity index (χ4n) is 3.15. The number of hydrogen-bond donors (Lipinski definition) is 1. The van der Waals surface area contributed by atoms with Gasteiger partial charge in [0.2, 0.25) is 0 Å². The molecule has 0 unspecified atom stereocenters. The maximum atomic E-state index is 12.8. The number of esters is 1. The molecule has 0 heterocycles. The van der Waals surface area contributed by atoms with Crippen LogP contribution < -0.4 is 10.1 Å². The van der Waals surface area contributed by atoms with Crippen molar-refractivity contribution in [3.8, 4) is 5.75 Å². The number of hydrogen-bond acceptors (Lipinski definition) is 5. The number of amides is 1. The van der Waals surface area contributed by atoms with Gasteiger partial charge in [-0.2, -0.15) is 0 Å². The zero-order valence-corrected chi connectivity index (χ0v) is 16.1. The van der Waals surface area contributed by atoms with Crippen molar-refractivity contribution < 1.29 is 23.8 Å². The van der Waals surface area contributed by atoms with E-state index in [4.69, 9.17) is 14.2 Å². The van der Waals surface area contributed by atoms with Crippen LogP contribution in [0.15, 0.2) is 18.2 Å². The lowest BCUT2D eigenvalue weighted by Gasteiger charge is -2.34. The van der Waals surface area contributed by atoms with E-state index in [1.54, 1.807) is 25.3 Å². The zero-order chi connectivity index (χ0) is 19.2. The van der Waals surface area contributed by atoms with Gasteiger partial charge in [0.1, 0.15) is 16.9 Å². The van der Waals surface area contributed by atoms with E-state index in [1.165, 1.54) is 7.11 Å². The van der Waals surface area contributed by atoms with Crippen LogP contribution >= 0.6 is 0 Å². The first kappa shape index (κ1) is 20.2. The van der Waals surface area contributed by atoms with Crippen LogP contribution in [0.1, 0.15) is 56.3 Å². The maximum absolute atomic E-state index is 12.8. The number of carbonyl (C=O) groups is 2. The number of rotatable bonds is 7. The number of carbonyl (C=O) groups excluding carboxylic acids is 2. The first-order chi connectivity index (χ1) is 12.4. The highest BCUT2D eigenvalue weighted by Gasteiger charge is 2.39. The van der Waals surface area contributed by atoms with Crippen molar-refractivity contribution in [2.24, 2.45) is 5.92 Å². The summed E-state index contributed by atoms with van der Waals surface area (Å²) in [4.78, 5) is 24.9. The normalized spacial score (nSPS) is 16.2. The highest BCUT2D eigenvalue weighted by Crippen LogP contribution is 2.33. The van der Waals surface area contributed by atoms with Crippen LogP contribution in [0.25, 0.3) is 0 Å². The molecule has 0 radical (unpaired) electrons. The molecule has 6 nitrogen and oxygen atoms in total. The van der Waals surface area contributed by atoms with Gasteiger partial charge < -0.3 is 19.5 Å². The Hall–Kier alpha value is -2.08. The summed E-state index contributed by atoms with van der Waals surface area (Å²) in [6, 6.07) is 5.00. The summed E-state index contributed by atoms with van der Waals surface area (Å²) in [5, 5.41) is 2.89. The topological polar surface area (TPSA) is 73.9 Å². The van der Waals surface area contributed by atoms with E-state index in [2.05, 4.69) is 5.32 Å². The molecule has 26 heavy (non-hydrogen) atoms. The molecule has 1 saturated carbocycles. The maximum Gasteiger partial charge on any atom is 0.341 e. The molecular weight excluding hydrogens is 334 g/mol. The summed E-state index contributed by atoms with van der Waals surface area (Å²) in [7, 11) is 2.90. The molecule has 0 atom stereocenters. The van der Waals surface area contributed by atoms with Crippen molar-refractivity contribution in [1.82, 2.24) is 0 Å². The summed E-state index contributed by atoms with van der Waals surface area (Å²) in [5.41, 5.74) is 0.0200. The zero-order valence-electron chi connectivity index (χ0n) is 16.1. The molecule has 0 saturated heterocycles. The lowest BCUT2D eigenvalue weighted by molar-refractivity contribution is -0.141. The van der Waals surface area contributed by atoms with Gasteiger partial charge in [0.15, 0.2) is 0 Å². The molecule has 1 amide bonds. The van der Waals surface area contributed by atoms with Crippen molar-refractivity contribution in [2.75, 3.05) is 26.1 Å². The van der Waals surface area contributed by atoms with E-state index >= 15 is 0 Å². The standard InChI is InChI=1S/C20H29NO5/c1-14(2)13-26-17-9-8-15(12-16(17)18(22)24-3)21-19(23)20(25-4)10-6-5-7-11-20/h8-9,12,14H,5-7,10-11,13H2,1-4H3,(H,21,23). The molecule has 0 aromatic heterocycles. The molecular formula is C20H29NO5. The van der Waals surface area contributed by atoms with Gasteiger partial charge in [-0.15, -0.1) is 0 Å². The minimum atomic E-state index is -0.795. The number of anilines is 1.